The Kier molecular flexibility index (Phi) is 6.65. The van der Waals surface area contributed by atoms with E-state index in [1.165, 1.54) is 0 Å². The van der Waals surface area contributed by atoms with Crippen molar-refractivity contribution in [3.05, 3.63) is 18.1 Å². The molecule has 0 amide bonds. The molecule has 0 saturated carbocycles. The van der Waals surface area contributed by atoms with E-state index in [0.717, 1.165) is 25.2 Å². The molecular weight excluding hydrogens is 226 g/mol. The molecule has 4 heteroatoms. The summed E-state index contributed by atoms with van der Waals surface area (Å²) < 4.78 is 5.52. The molecule has 0 aliphatic carbocycles. The maximum atomic E-state index is 5.52. The minimum atomic E-state index is 0.614. The first-order valence-corrected chi connectivity index (χ1v) is 6.72. The monoisotopic (exact) mass is 251 g/mol. The van der Waals surface area contributed by atoms with Gasteiger partial charge in [-0.1, -0.05) is 27.7 Å². The van der Waals surface area contributed by atoms with Crippen molar-refractivity contribution in [3.63, 3.8) is 0 Å². The molecule has 0 aliphatic rings. The van der Waals surface area contributed by atoms with Gasteiger partial charge in [0.15, 0.2) is 0 Å². The average Bonchev–Trinajstić information content (AvgIpc) is 2.30. The third-order valence-corrected chi connectivity index (χ3v) is 2.49. The van der Waals surface area contributed by atoms with Crippen molar-refractivity contribution < 1.29 is 4.74 Å². The van der Waals surface area contributed by atoms with E-state index in [2.05, 4.69) is 43.0 Å². The maximum absolute atomic E-state index is 5.52. The van der Waals surface area contributed by atoms with Gasteiger partial charge < -0.3 is 10.1 Å². The Labute approximate surface area is 110 Å². The minimum Gasteiger partial charge on any atom is -0.477 e. The van der Waals surface area contributed by atoms with Gasteiger partial charge in [-0.15, -0.1) is 0 Å². The van der Waals surface area contributed by atoms with E-state index in [4.69, 9.17) is 4.74 Å². The van der Waals surface area contributed by atoms with Crippen LogP contribution in [0.15, 0.2) is 12.4 Å². The molecule has 102 valence electrons. The summed E-state index contributed by atoms with van der Waals surface area (Å²) in [6.07, 6.45) is 4.52. The highest BCUT2D eigenvalue weighted by Gasteiger charge is 2.00. The molecule has 0 aromatic carbocycles. The molecule has 0 atom stereocenters. The van der Waals surface area contributed by atoms with Crippen LogP contribution in [0, 0.1) is 11.8 Å². The molecule has 18 heavy (non-hydrogen) atoms. The fraction of sp³-hybridized carbons (Fsp3) is 0.714. The van der Waals surface area contributed by atoms with Crippen LogP contribution >= 0.6 is 0 Å². The van der Waals surface area contributed by atoms with Gasteiger partial charge in [0.1, 0.15) is 0 Å². The summed E-state index contributed by atoms with van der Waals surface area (Å²) in [5.74, 6) is 1.91. The van der Waals surface area contributed by atoms with Crippen LogP contribution in [0.1, 0.15) is 39.8 Å². The van der Waals surface area contributed by atoms with Crippen LogP contribution in [0.3, 0.4) is 0 Å². The Morgan fingerprint density at radius 3 is 2.44 bits per heavy atom. The zero-order valence-corrected chi connectivity index (χ0v) is 11.9. The Hall–Kier alpha value is -1.16. The predicted molar refractivity (Wildman–Crippen MR) is 73.5 cm³/mol. The topological polar surface area (TPSA) is 47.0 Å². The number of nitrogens with zero attached hydrogens (tertiary/aromatic N) is 2. The smallest absolute Gasteiger partial charge is 0.232 e. The SMILES string of the molecule is CC(C)CCOc1cnc(CNCC(C)C)cn1. The number of rotatable bonds is 8. The van der Waals surface area contributed by atoms with Gasteiger partial charge in [0.25, 0.3) is 0 Å². The molecular formula is C14H25N3O. The molecule has 1 rings (SSSR count). The number of hydrogen-bond acceptors (Lipinski definition) is 4. The molecule has 0 bridgehead atoms. The molecule has 0 spiro atoms. The molecule has 1 heterocycles. The minimum absolute atomic E-state index is 0.614. The largest absolute Gasteiger partial charge is 0.477 e. The van der Waals surface area contributed by atoms with Gasteiger partial charge in [-0.05, 0) is 24.8 Å². The summed E-state index contributed by atoms with van der Waals surface area (Å²) in [5.41, 5.74) is 0.951. The summed E-state index contributed by atoms with van der Waals surface area (Å²) in [7, 11) is 0. The van der Waals surface area contributed by atoms with Gasteiger partial charge in [0.2, 0.25) is 5.88 Å². The second-order valence-electron chi connectivity index (χ2n) is 5.40. The fourth-order valence-electron chi connectivity index (χ4n) is 1.40. The van der Waals surface area contributed by atoms with E-state index >= 15 is 0 Å². The summed E-state index contributed by atoms with van der Waals surface area (Å²) >= 11 is 0. The molecule has 0 radical (unpaired) electrons. The van der Waals surface area contributed by atoms with Crippen molar-refractivity contribution in [3.8, 4) is 5.88 Å². The van der Waals surface area contributed by atoms with E-state index in [1.807, 2.05) is 0 Å². The zero-order valence-electron chi connectivity index (χ0n) is 11.9. The Balaban J connectivity index is 2.28. The van der Waals surface area contributed by atoms with Gasteiger partial charge in [0.05, 0.1) is 24.7 Å². The van der Waals surface area contributed by atoms with E-state index in [1.54, 1.807) is 12.4 Å². The first-order valence-electron chi connectivity index (χ1n) is 6.72. The van der Waals surface area contributed by atoms with Crippen molar-refractivity contribution in [2.45, 2.75) is 40.7 Å². The predicted octanol–water partition coefficient (Wildman–Crippen LogP) is 2.65. The van der Waals surface area contributed by atoms with E-state index in [9.17, 15) is 0 Å². The van der Waals surface area contributed by atoms with Crippen molar-refractivity contribution in [1.29, 1.82) is 0 Å². The first-order chi connectivity index (χ1) is 8.58. The van der Waals surface area contributed by atoms with Gasteiger partial charge >= 0.3 is 0 Å². The van der Waals surface area contributed by atoms with Crippen LogP contribution in [0.2, 0.25) is 0 Å². The number of nitrogens with one attached hydrogen (secondary N) is 1. The molecule has 1 aromatic heterocycles. The van der Waals surface area contributed by atoms with Crippen molar-refractivity contribution in [1.82, 2.24) is 15.3 Å². The highest BCUT2D eigenvalue weighted by atomic mass is 16.5. The average molecular weight is 251 g/mol. The lowest BCUT2D eigenvalue weighted by Crippen LogP contribution is -2.19. The summed E-state index contributed by atoms with van der Waals surface area (Å²) in [5, 5.41) is 3.34. The van der Waals surface area contributed by atoms with E-state index in [-0.39, 0.29) is 0 Å². The number of aromatic nitrogens is 2. The highest BCUT2D eigenvalue weighted by molar-refractivity contribution is 5.07. The lowest BCUT2D eigenvalue weighted by molar-refractivity contribution is 0.278. The second-order valence-corrected chi connectivity index (χ2v) is 5.40. The Morgan fingerprint density at radius 2 is 1.89 bits per heavy atom. The van der Waals surface area contributed by atoms with E-state index < -0.39 is 0 Å². The zero-order chi connectivity index (χ0) is 13.4. The van der Waals surface area contributed by atoms with Gasteiger partial charge in [-0.2, -0.15) is 0 Å². The van der Waals surface area contributed by atoms with Gasteiger partial charge in [0, 0.05) is 6.54 Å². The lowest BCUT2D eigenvalue weighted by atomic mass is 10.1. The van der Waals surface area contributed by atoms with Crippen LogP contribution in [-0.4, -0.2) is 23.1 Å². The molecule has 0 unspecified atom stereocenters. The number of ether oxygens (including phenoxy) is 1. The molecule has 1 aromatic rings. The van der Waals surface area contributed by atoms with E-state index in [0.29, 0.717) is 24.3 Å². The van der Waals surface area contributed by atoms with Gasteiger partial charge in [-0.3, -0.25) is 4.98 Å². The van der Waals surface area contributed by atoms with Crippen molar-refractivity contribution in [2.75, 3.05) is 13.2 Å². The first kappa shape index (κ1) is 14.9. The maximum Gasteiger partial charge on any atom is 0.232 e. The van der Waals surface area contributed by atoms with Crippen LogP contribution in [0.5, 0.6) is 5.88 Å². The quantitative estimate of drug-likeness (QED) is 0.771. The summed E-state index contributed by atoms with van der Waals surface area (Å²) in [6, 6.07) is 0. The second kappa shape index (κ2) is 8.03. The summed E-state index contributed by atoms with van der Waals surface area (Å²) in [4.78, 5) is 8.57. The normalized spacial score (nSPS) is 11.2. The third-order valence-electron chi connectivity index (χ3n) is 2.49. The lowest BCUT2D eigenvalue weighted by Gasteiger charge is -2.08. The highest BCUT2D eigenvalue weighted by Crippen LogP contribution is 2.06. The number of hydrogen-bond donors (Lipinski definition) is 1. The van der Waals surface area contributed by atoms with Gasteiger partial charge in [-0.25, -0.2) is 4.98 Å². The van der Waals surface area contributed by atoms with Crippen LogP contribution < -0.4 is 10.1 Å². The molecule has 0 saturated heterocycles. The Bertz CT molecular complexity index is 289. The van der Waals surface area contributed by atoms with Crippen LogP contribution in [-0.2, 0) is 6.54 Å². The van der Waals surface area contributed by atoms with Crippen LogP contribution in [0.25, 0.3) is 0 Å². The standard InChI is InChI=1S/C14H25N3O/c1-11(2)5-6-18-14-10-16-13(9-17-14)8-15-7-12(3)4/h9-12,15H,5-8H2,1-4H3. The van der Waals surface area contributed by atoms with Crippen molar-refractivity contribution >= 4 is 0 Å². The third kappa shape index (κ3) is 6.55. The fourth-order valence-corrected chi connectivity index (χ4v) is 1.40. The molecule has 0 fully saturated rings. The Morgan fingerprint density at radius 1 is 1.11 bits per heavy atom. The molecule has 4 nitrogen and oxygen atoms in total. The van der Waals surface area contributed by atoms with Crippen LogP contribution in [0.4, 0.5) is 0 Å². The summed E-state index contributed by atoms with van der Waals surface area (Å²) in [6.45, 7) is 11.2. The molecule has 0 aliphatic heterocycles. The van der Waals surface area contributed by atoms with Crippen molar-refractivity contribution in [2.24, 2.45) is 11.8 Å². The molecule has 1 N–H and O–H groups in total.